The molecule has 2 unspecified atom stereocenters. The van der Waals surface area contributed by atoms with E-state index >= 15 is 0 Å². The number of ether oxygens (including phenoxy) is 1. The van der Waals surface area contributed by atoms with Crippen molar-refractivity contribution >= 4 is 17.5 Å². The minimum absolute atomic E-state index is 0.0599. The van der Waals surface area contributed by atoms with E-state index in [4.69, 9.17) is 4.74 Å². The zero-order valence-corrected chi connectivity index (χ0v) is 20.7. The number of benzene rings is 2. The number of ketones is 1. The van der Waals surface area contributed by atoms with Gasteiger partial charge in [-0.15, -0.1) is 0 Å². The lowest BCUT2D eigenvalue weighted by molar-refractivity contribution is -0.116. The van der Waals surface area contributed by atoms with Crippen molar-refractivity contribution in [3.63, 3.8) is 0 Å². The molecule has 182 valence electrons. The average molecular weight is 480 g/mol. The van der Waals surface area contributed by atoms with E-state index in [9.17, 15) is 9.59 Å². The number of pyridine rings is 1. The van der Waals surface area contributed by atoms with E-state index in [1.807, 2.05) is 74.5 Å². The van der Waals surface area contributed by atoms with E-state index in [-0.39, 0.29) is 17.6 Å². The number of allylic oxidation sites excluding steroid dienone is 3. The predicted molar refractivity (Wildman–Crippen MR) is 140 cm³/mol. The lowest BCUT2D eigenvalue weighted by Crippen LogP contribution is -2.37. The fourth-order valence-electron chi connectivity index (χ4n) is 5.16. The highest BCUT2D eigenvalue weighted by atomic mass is 16.5. The Labute approximate surface area is 211 Å². The van der Waals surface area contributed by atoms with Crippen molar-refractivity contribution in [2.75, 3.05) is 12.4 Å². The van der Waals surface area contributed by atoms with E-state index in [1.54, 1.807) is 19.4 Å². The number of methoxy groups -OCH3 is 1. The Kier molecular flexibility index (Phi) is 6.42. The number of anilines is 1. The van der Waals surface area contributed by atoms with Gasteiger partial charge in [-0.05, 0) is 61.1 Å². The molecule has 2 aliphatic rings. The number of hydrogen-bond donors (Lipinski definition) is 2. The number of Topliss-reactive ketones (excluding diaryl/α,β-unsaturated/α-hetero) is 1. The molecule has 2 aromatic carbocycles. The van der Waals surface area contributed by atoms with Crippen molar-refractivity contribution in [3.05, 3.63) is 112 Å². The number of amides is 1. The number of carbonyl (C=O) groups is 2. The Morgan fingerprint density at radius 1 is 0.972 bits per heavy atom. The molecular weight excluding hydrogens is 450 g/mol. The van der Waals surface area contributed by atoms with Crippen LogP contribution in [0.5, 0.6) is 5.75 Å². The van der Waals surface area contributed by atoms with Crippen LogP contribution < -0.4 is 15.4 Å². The monoisotopic (exact) mass is 479 g/mol. The van der Waals surface area contributed by atoms with Crippen molar-refractivity contribution in [3.8, 4) is 5.75 Å². The zero-order chi connectivity index (χ0) is 25.2. The molecule has 36 heavy (non-hydrogen) atoms. The maximum absolute atomic E-state index is 13.7. The standard InChI is InChI=1S/C30H29N3O3/c1-18-9-14-26(31-17-18)33-30(35)27-19(2)32-24-15-22(20-10-12-23(36-3)13-11-20)16-25(34)29(24)28(27)21-7-5-4-6-8-21/h4-14,17,22,28,32H,15-16H2,1-3H3,(H,31,33,35). The van der Waals surface area contributed by atoms with Gasteiger partial charge < -0.3 is 15.4 Å². The van der Waals surface area contributed by atoms with Crippen LogP contribution in [0.2, 0.25) is 0 Å². The van der Waals surface area contributed by atoms with Crippen LogP contribution in [0, 0.1) is 6.92 Å². The van der Waals surface area contributed by atoms with E-state index < -0.39 is 5.92 Å². The summed E-state index contributed by atoms with van der Waals surface area (Å²) in [5, 5.41) is 6.36. The molecule has 1 aliphatic carbocycles. The highest BCUT2D eigenvalue weighted by molar-refractivity contribution is 6.09. The van der Waals surface area contributed by atoms with Gasteiger partial charge in [-0.1, -0.05) is 48.5 Å². The Hall–Kier alpha value is -4.19. The molecule has 0 fully saturated rings. The molecule has 2 atom stereocenters. The predicted octanol–water partition coefficient (Wildman–Crippen LogP) is 5.40. The van der Waals surface area contributed by atoms with Gasteiger partial charge in [0.1, 0.15) is 11.6 Å². The van der Waals surface area contributed by atoms with Crippen molar-refractivity contribution in [2.45, 2.75) is 38.5 Å². The highest BCUT2D eigenvalue weighted by Gasteiger charge is 2.40. The minimum Gasteiger partial charge on any atom is -0.497 e. The van der Waals surface area contributed by atoms with Gasteiger partial charge >= 0.3 is 0 Å². The molecule has 2 N–H and O–H groups in total. The number of aryl methyl sites for hydroxylation is 1. The average Bonchev–Trinajstić information content (AvgIpc) is 2.89. The van der Waals surface area contributed by atoms with Crippen LogP contribution in [0.1, 0.15) is 48.3 Å². The SMILES string of the molecule is COc1ccc(C2CC(=O)C3=C(C2)NC(C)=C(C(=O)Nc2ccc(C)cn2)C3c2ccccc2)cc1. The normalized spacial score (nSPS) is 19.5. The first kappa shape index (κ1) is 23.5. The molecule has 0 saturated heterocycles. The molecule has 6 nitrogen and oxygen atoms in total. The van der Waals surface area contributed by atoms with Crippen molar-refractivity contribution in [2.24, 2.45) is 0 Å². The molecule has 0 spiro atoms. The Bertz CT molecular complexity index is 1360. The first-order valence-electron chi connectivity index (χ1n) is 12.1. The Morgan fingerprint density at radius 2 is 1.72 bits per heavy atom. The number of nitrogens with zero attached hydrogens (tertiary/aromatic N) is 1. The largest absolute Gasteiger partial charge is 0.497 e. The zero-order valence-electron chi connectivity index (χ0n) is 20.7. The third-order valence-electron chi connectivity index (χ3n) is 6.95. The van der Waals surface area contributed by atoms with Gasteiger partial charge in [-0.25, -0.2) is 4.98 Å². The summed E-state index contributed by atoms with van der Waals surface area (Å²) in [6, 6.07) is 21.4. The second kappa shape index (κ2) is 9.82. The maximum Gasteiger partial charge on any atom is 0.255 e. The number of rotatable bonds is 5. The van der Waals surface area contributed by atoms with Crippen LogP contribution in [-0.4, -0.2) is 23.8 Å². The second-order valence-corrected chi connectivity index (χ2v) is 9.38. The summed E-state index contributed by atoms with van der Waals surface area (Å²) in [4.78, 5) is 31.6. The Morgan fingerprint density at radius 3 is 2.39 bits per heavy atom. The number of nitrogens with one attached hydrogen (secondary N) is 2. The first-order valence-corrected chi connectivity index (χ1v) is 12.1. The van der Waals surface area contributed by atoms with Gasteiger partial charge in [0.2, 0.25) is 0 Å². The van der Waals surface area contributed by atoms with Crippen LogP contribution in [0.15, 0.2) is 95.5 Å². The van der Waals surface area contributed by atoms with E-state index in [1.165, 1.54) is 0 Å². The maximum atomic E-state index is 13.7. The topological polar surface area (TPSA) is 80.3 Å². The van der Waals surface area contributed by atoms with Crippen LogP contribution in [0.3, 0.4) is 0 Å². The second-order valence-electron chi connectivity index (χ2n) is 9.38. The number of dihydropyridines is 1. The lowest BCUT2D eigenvalue weighted by Gasteiger charge is -2.37. The summed E-state index contributed by atoms with van der Waals surface area (Å²) >= 11 is 0. The third-order valence-corrected chi connectivity index (χ3v) is 6.95. The number of hydrogen-bond acceptors (Lipinski definition) is 5. The highest BCUT2D eigenvalue weighted by Crippen LogP contribution is 2.45. The molecule has 2 heterocycles. The molecule has 5 rings (SSSR count). The molecular formula is C30H29N3O3. The summed E-state index contributed by atoms with van der Waals surface area (Å²) in [6.07, 6.45) is 2.81. The molecule has 0 radical (unpaired) electrons. The number of carbonyl (C=O) groups excluding carboxylic acids is 2. The van der Waals surface area contributed by atoms with Crippen LogP contribution in [-0.2, 0) is 9.59 Å². The molecule has 0 bridgehead atoms. The van der Waals surface area contributed by atoms with Crippen molar-refractivity contribution in [1.82, 2.24) is 10.3 Å². The summed E-state index contributed by atoms with van der Waals surface area (Å²) in [6.45, 7) is 3.85. The summed E-state index contributed by atoms with van der Waals surface area (Å²) < 4.78 is 5.29. The molecule has 1 aliphatic heterocycles. The molecule has 6 heteroatoms. The fourth-order valence-corrected chi connectivity index (χ4v) is 5.16. The molecule has 1 aromatic heterocycles. The fraction of sp³-hybridized carbons (Fsp3) is 0.233. The van der Waals surface area contributed by atoms with Gasteiger partial charge in [-0.2, -0.15) is 0 Å². The summed E-state index contributed by atoms with van der Waals surface area (Å²) in [5.41, 5.74) is 5.89. The van der Waals surface area contributed by atoms with Gasteiger partial charge in [0, 0.05) is 41.1 Å². The van der Waals surface area contributed by atoms with Crippen LogP contribution in [0.4, 0.5) is 5.82 Å². The van der Waals surface area contributed by atoms with Gasteiger partial charge in [0.25, 0.3) is 5.91 Å². The van der Waals surface area contributed by atoms with Gasteiger partial charge in [0.05, 0.1) is 7.11 Å². The summed E-state index contributed by atoms with van der Waals surface area (Å²) in [7, 11) is 1.64. The number of aromatic nitrogens is 1. The smallest absolute Gasteiger partial charge is 0.255 e. The van der Waals surface area contributed by atoms with Crippen LogP contribution >= 0.6 is 0 Å². The molecule has 0 saturated carbocycles. The van der Waals surface area contributed by atoms with Gasteiger partial charge in [0.15, 0.2) is 5.78 Å². The van der Waals surface area contributed by atoms with Gasteiger partial charge in [-0.3, -0.25) is 9.59 Å². The first-order chi connectivity index (χ1) is 17.4. The summed E-state index contributed by atoms with van der Waals surface area (Å²) in [5.74, 6) is 0.681. The van der Waals surface area contributed by atoms with E-state index in [0.717, 1.165) is 33.8 Å². The van der Waals surface area contributed by atoms with Crippen molar-refractivity contribution < 1.29 is 14.3 Å². The quantitative estimate of drug-likeness (QED) is 0.512. The van der Waals surface area contributed by atoms with Crippen molar-refractivity contribution in [1.29, 1.82) is 0 Å². The molecule has 1 amide bonds. The third kappa shape index (κ3) is 4.54. The van der Waals surface area contributed by atoms with Crippen LogP contribution in [0.25, 0.3) is 0 Å². The van der Waals surface area contributed by atoms with E-state index in [2.05, 4.69) is 15.6 Å². The minimum atomic E-state index is -0.447. The molecule has 3 aromatic rings. The van der Waals surface area contributed by atoms with E-state index in [0.29, 0.717) is 29.8 Å². The Balaban J connectivity index is 1.51. The lowest BCUT2D eigenvalue weighted by atomic mass is 9.71.